The summed E-state index contributed by atoms with van der Waals surface area (Å²) in [5.74, 6) is -0.186. The highest BCUT2D eigenvalue weighted by Crippen LogP contribution is 2.43. The van der Waals surface area contributed by atoms with Crippen molar-refractivity contribution in [3.8, 4) is 0 Å². The van der Waals surface area contributed by atoms with Gasteiger partial charge >= 0.3 is 7.82 Å². The zero-order valence-corrected chi connectivity index (χ0v) is 44.8. The number of aliphatic hydroxyl groups excluding tert-OH is 1. The number of carbonyl (C=O) groups is 1. The number of likely N-dealkylation sites (N-methyl/N-ethyl adjacent to an activating group) is 1. The predicted molar refractivity (Wildman–Crippen MR) is 286 cm³/mol. The third-order valence-corrected chi connectivity index (χ3v) is 13.2. The third-order valence-electron chi connectivity index (χ3n) is 12.2. The smallest absolute Gasteiger partial charge is 0.387 e. The molecule has 0 aromatic rings. The van der Waals surface area contributed by atoms with Gasteiger partial charge in [-0.05, 0) is 51.4 Å². The van der Waals surface area contributed by atoms with Crippen LogP contribution in [0.2, 0.25) is 0 Å². The number of allylic oxidation sites excluding steroid dienone is 9. The van der Waals surface area contributed by atoms with Crippen molar-refractivity contribution in [2.75, 3.05) is 40.9 Å². The van der Waals surface area contributed by atoms with Crippen molar-refractivity contribution in [2.24, 2.45) is 0 Å². The number of quaternary nitrogens is 1. The normalized spacial score (nSPS) is 14.5. The molecule has 386 valence electrons. The first-order chi connectivity index (χ1) is 32.0. The number of aliphatic hydroxyl groups is 1. The number of unbranched alkanes of at least 4 members (excludes halogenated alkanes) is 29. The van der Waals surface area contributed by atoms with Crippen molar-refractivity contribution in [1.82, 2.24) is 5.32 Å². The molecule has 66 heavy (non-hydrogen) atoms. The highest BCUT2D eigenvalue weighted by Gasteiger charge is 2.27. The molecule has 0 radical (unpaired) electrons. The van der Waals surface area contributed by atoms with Crippen LogP contribution in [0, 0.1) is 0 Å². The summed E-state index contributed by atoms with van der Waals surface area (Å²) in [7, 11) is 1.57. The summed E-state index contributed by atoms with van der Waals surface area (Å²) in [6, 6.07) is -0.840. The molecule has 8 nitrogen and oxygen atoms in total. The first-order valence-electron chi connectivity index (χ1n) is 27.7. The Balaban J connectivity index is 3.58. The Morgan fingerprint density at radius 1 is 0.530 bits per heavy atom. The standard InChI is InChI=1S/C57H107N2O6P/c1-6-8-10-11-12-13-14-15-16-17-18-19-20-21-22-23-24-25-26-27-28-29-30-31-32-33-34-35-36-37-38-39-40-41-42-43-44-45-46-47-49-51-57(61)58-55(56(60)50-48-9-7-2)54-65-66(62,63)64-53-52-59(3,4)5/h8,10,12-13,15-16,18-19,48,50,55-56,60H,6-7,9,11,14,17,20-47,49,51-54H2,1-5H3,(H-,58,61,62,63)/p+1/b10-8-,13-12-,16-15-,19-18-,50-48+. The molecular formula is C57H108N2O6P+. The molecule has 0 rings (SSSR count). The van der Waals surface area contributed by atoms with E-state index in [1.165, 1.54) is 167 Å². The predicted octanol–water partition coefficient (Wildman–Crippen LogP) is 16.5. The van der Waals surface area contributed by atoms with Gasteiger partial charge in [-0.25, -0.2) is 4.57 Å². The number of amides is 1. The van der Waals surface area contributed by atoms with Crippen LogP contribution in [0.25, 0.3) is 0 Å². The Labute approximate surface area is 409 Å². The zero-order valence-electron chi connectivity index (χ0n) is 43.9. The fraction of sp³-hybridized carbons (Fsp3) is 0.807. The summed E-state index contributed by atoms with van der Waals surface area (Å²) in [6.07, 6.45) is 66.0. The van der Waals surface area contributed by atoms with Crippen molar-refractivity contribution in [2.45, 2.75) is 257 Å². The first-order valence-corrected chi connectivity index (χ1v) is 29.2. The summed E-state index contributed by atoms with van der Waals surface area (Å²) in [5.41, 5.74) is 0. The molecule has 3 atom stereocenters. The van der Waals surface area contributed by atoms with Crippen LogP contribution in [0.1, 0.15) is 245 Å². The molecule has 0 saturated heterocycles. The third kappa shape index (κ3) is 50.1. The Kier molecular flexibility index (Phi) is 46.9. The van der Waals surface area contributed by atoms with Gasteiger partial charge in [0, 0.05) is 6.42 Å². The van der Waals surface area contributed by atoms with Gasteiger partial charge in [0.05, 0.1) is 39.9 Å². The number of rotatable bonds is 50. The van der Waals surface area contributed by atoms with E-state index in [1.807, 2.05) is 34.1 Å². The highest BCUT2D eigenvalue weighted by molar-refractivity contribution is 7.47. The Bertz CT molecular complexity index is 1260. The maximum atomic E-state index is 12.7. The van der Waals surface area contributed by atoms with Crippen molar-refractivity contribution in [3.05, 3.63) is 60.8 Å². The van der Waals surface area contributed by atoms with Gasteiger partial charge in [0.25, 0.3) is 0 Å². The second-order valence-corrected chi connectivity index (χ2v) is 21.4. The van der Waals surface area contributed by atoms with Crippen LogP contribution in [-0.4, -0.2) is 73.4 Å². The van der Waals surface area contributed by atoms with Gasteiger partial charge in [0.1, 0.15) is 13.2 Å². The summed E-state index contributed by atoms with van der Waals surface area (Å²) < 4.78 is 23.3. The summed E-state index contributed by atoms with van der Waals surface area (Å²) in [5, 5.41) is 13.5. The summed E-state index contributed by atoms with van der Waals surface area (Å²) >= 11 is 0. The number of hydrogen-bond donors (Lipinski definition) is 3. The number of nitrogens with one attached hydrogen (secondary N) is 1. The van der Waals surface area contributed by atoms with Gasteiger partial charge < -0.3 is 19.8 Å². The summed E-state index contributed by atoms with van der Waals surface area (Å²) in [4.78, 5) is 22.8. The minimum atomic E-state index is -4.31. The van der Waals surface area contributed by atoms with E-state index < -0.39 is 20.0 Å². The topological polar surface area (TPSA) is 105 Å². The lowest BCUT2D eigenvalue weighted by Gasteiger charge is -2.25. The van der Waals surface area contributed by atoms with Crippen LogP contribution in [-0.2, 0) is 18.4 Å². The average molecular weight is 948 g/mol. The molecule has 0 aliphatic heterocycles. The van der Waals surface area contributed by atoms with E-state index in [9.17, 15) is 19.4 Å². The van der Waals surface area contributed by atoms with Crippen LogP contribution in [0.5, 0.6) is 0 Å². The Hall–Kier alpha value is -1.80. The van der Waals surface area contributed by atoms with E-state index in [-0.39, 0.29) is 19.1 Å². The molecule has 3 unspecified atom stereocenters. The van der Waals surface area contributed by atoms with Crippen LogP contribution < -0.4 is 5.32 Å². The molecular weight excluding hydrogens is 840 g/mol. The molecule has 0 bridgehead atoms. The number of carbonyl (C=O) groups excluding carboxylic acids is 1. The molecule has 0 spiro atoms. The maximum Gasteiger partial charge on any atom is 0.472 e. The van der Waals surface area contributed by atoms with Crippen molar-refractivity contribution >= 4 is 13.7 Å². The molecule has 0 fully saturated rings. The van der Waals surface area contributed by atoms with E-state index in [4.69, 9.17) is 9.05 Å². The number of phosphoric acid groups is 1. The van der Waals surface area contributed by atoms with E-state index in [1.54, 1.807) is 6.08 Å². The van der Waals surface area contributed by atoms with Crippen molar-refractivity contribution in [1.29, 1.82) is 0 Å². The van der Waals surface area contributed by atoms with E-state index in [0.717, 1.165) is 57.8 Å². The quantitative estimate of drug-likeness (QED) is 0.0243. The lowest BCUT2D eigenvalue weighted by Crippen LogP contribution is -2.45. The molecule has 0 saturated carbocycles. The second kappa shape index (κ2) is 48.2. The molecule has 0 aromatic carbocycles. The lowest BCUT2D eigenvalue weighted by atomic mass is 10.0. The van der Waals surface area contributed by atoms with Gasteiger partial charge in [-0.1, -0.05) is 248 Å². The van der Waals surface area contributed by atoms with Crippen LogP contribution in [0.15, 0.2) is 60.8 Å². The average Bonchev–Trinajstić information content (AvgIpc) is 3.27. The fourth-order valence-electron chi connectivity index (χ4n) is 7.92. The van der Waals surface area contributed by atoms with E-state index in [0.29, 0.717) is 17.4 Å². The number of hydrogen-bond acceptors (Lipinski definition) is 5. The first kappa shape index (κ1) is 64.2. The number of nitrogens with zero attached hydrogens (tertiary/aromatic N) is 1. The van der Waals surface area contributed by atoms with Crippen LogP contribution >= 0.6 is 7.82 Å². The fourth-order valence-corrected chi connectivity index (χ4v) is 8.66. The maximum absolute atomic E-state index is 12.7. The minimum Gasteiger partial charge on any atom is -0.387 e. The van der Waals surface area contributed by atoms with Crippen LogP contribution in [0.3, 0.4) is 0 Å². The molecule has 0 aliphatic carbocycles. The lowest BCUT2D eigenvalue weighted by molar-refractivity contribution is -0.870. The van der Waals surface area contributed by atoms with Gasteiger partial charge in [-0.2, -0.15) is 0 Å². The van der Waals surface area contributed by atoms with E-state index in [2.05, 4.69) is 60.8 Å². The SMILES string of the molecule is CC/C=C\C/C=C\C/C=C\C/C=C\CCCCCCCCCCCCCCCCCCCCCCCCCCCCCCC(=O)NC(COP(=O)(O)OCC[N+](C)(C)C)C(O)/C=C/CCC. The second-order valence-electron chi connectivity index (χ2n) is 19.9. The molecule has 0 aliphatic rings. The van der Waals surface area contributed by atoms with Crippen molar-refractivity contribution < 1.29 is 32.9 Å². The molecule has 0 heterocycles. The molecule has 1 amide bonds. The van der Waals surface area contributed by atoms with E-state index >= 15 is 0 Å². The monoisotopic (exact) mass is 948 g/mol. The van der Waals surface area contributed by atoms with Crippen LogP contribution in [0.4, 0.5) is 0 Å². The van der Waals surface area contributed by atoms with Gasteiger partial charge in [0.2, 0.25) is 5.91 Å². The van der Waals surface area contributed by atoms with Gasteiger partial charge in [-0.3, -0.25) is 13.8 Å². The Morgan fingerprint density at radius 3 is 1.30 bits per heavy atom. The van der Waals surface area contributed by atoms with Gasteiger partial charge in [0.15, 0.2) is 0 Å². The summed E-state index contributed by atoms with van der Waals surface area (Å²) in [6.45, 7) is 4.49. The highest BCUT2D eigenvalue weighted by atomic mass is 31.2. The molecule has 3 N–H and O–H groups in total. The van der Waals surface area contributed by atoms with Crippen molar-refractivity contribution in [3.63, 3.8) is 0 Å². The Morgan fingerprint density at radius 2 is 0.909 bits per heavy atom. The largest absolute Gasteiger partial charge is 0.472 e. The molecule has 0 aromatic heterocycles. The number of phosphoric ester groups is 1. The van der Waals surface area contributed by atoms with Gasteiger partial charge in [-0.15, -0.1) is 0 Å². The molecule has 9 heteroatoms. The minimum absolute atomic E-state index is 0.0605. The zero-order chi connectivity index (χ0) is 48.5.